The second kappa shape index (κ2) is 5.48. The van der Waals surface area contributed by atoms with Crippen molar-refractivity contribution in [1.82, 2.24) is 10.6 Å². The monoisotopic (exact) mass is 253 g/mol. The van der Waals surface area contributed by atoms with Crippen molar-refractivity contribution in [3.05, 3.63) is 0 Å². The smallest absolute Gasteiger partial charge is 0.0130 e. The van der Waals surface area contributed by atoms with Crippen LogP contribution in [-0.2, 0) is 0 Å². The molecule has 2 aliphatic rings. The summed E-state index contributed by atoms with van der Waals surface area (Å²) in [5.74, 6) is 0.900. The van der Waals surface area contributed by atoms with E-state index in [9.17, 15) is 0 Å². The summed E-state index contributed by atoms with van der Waals surface area (Å²) in [6, 6.07) is 2.50. The maximum atomic E-state index is 5.84. The molecule has 0 aliphatic heterocycles. The van der Waals surface area contributed by atoms with E-state index in [-0.39, 0.29) is 5.54 Å². The Kier molecular flexibility index (Phi) is 4.35. The summed E-state index contributed by atoms with van der Waals surface area (Å²) < 4.78 is 0. The molecular formula is C15H31N3. The van der Waals surface area contributed by atoms with Crippen LogP contribution in [-0.4, -0.2) is 29.7 Å². The Morgan fingerprint density at radius 3 is 2.22 bits per heavy atom. The van der Waals surface area contributed by atoms with Gasteiger partial charge < -0.3 is 16.4 Å². The average molecular weight is 253 g/mol. The van der Waals surface area contributed by atoms with Crippen LogP contribution in [0.5, 0.6) is 0 Å². The lowest BCUT2D eigenvalue weighted by Gasteiger charge is -2.45. The van der Waals surface area contributed by atoms with Crippen LogP contribution in [0.25, 0.3) is 0 Å². The first-order chi connectivity index (χ1) is 8.34. The van der Waals surface area contributed by atoms with E-state index in [1.54, 1.807) is 0 Å². The van der Waals surface area contributed by atoms with Crippen molar-refractivity contribution in [1.29, 1.82) is 0 Å². The van der Waals surface area contributed by atoms with E-state index >= 15 is 0 Å². The average Bonchev–Trinajstić information content (AvgIpc) is 2.10. The highest BCUT2D eigenvalue weighted by atomic mass is 15.0. The van der Waals surface area contributed by atoms with Gasteiger partial charge >= 0.3 is 0 Å². The minimum atomic E-state index is 0.276. The van der Waals surface area contributed by atoms with E-state index < -0.39 is 0 Å². The van der Waals surface area contributed by atoms with Crippen molar-refractivity contribution in [3.8, 4) is 0 Å². The third-order valence-corrected chi connectivity index (χ3v) is 4.37. The molecule has 2 saturated carbocycles. The van der Waals surface area contributed by atoms with Gasteiger partial charge in [0, 0.05) is 29.7 Å². The molecule has 0 unspecified atom stereocenters. The summed E-state index contributed by atoms with van der Waals surface area (Å²) in [6.07, 6.45) is 6.33. The number of hydrogen-bond donors (Lipinski definition) is 3. The van der Waals surface area contributed by atoms with Gasteiger partial charge in [-0.05, 0) is 51.9 Å². The normalized spacial score (nSPS) is 36.3. The van der Waals surface area contributed by atoms with Crippen LogP contribution in [0, 0.1) is 5.92 Å². The lowest BCUT2D eigenvalue weighted by molar-refractivity contribution is 0.138. The van der Waals surface area contributed by atoms with Crippen LogP contribution >= 0.6 is 0 Å². The molecule has 0 aromatic rings. The molecule has 0 spiro atoms. The SMILES string of the molecule is CC(C)NC1CC(CC(C)(C)NC2CC(N)C2)C1. The summed E-state index contributed by atoms with van der Waals surface area (Å²) in [4.78, 5) is 0. The van der Waals surface area contributed by atoms with Crippen LogP contribution in [0.3, 0.4) is 0 Å². The Morgan fingerprint density at radius 2 is 1.72 bits per heavy atom. The first kappa shape index (κ1) is 14.3. The van der Waals surface area contributed by atoms with E-state index in [1.807, 2.05) is 0 Å². The molecule has 106 valence electrons. The van der Waals surface area contributed by atoms with E-state index in [1.165, 1.54) is 19.3 Å². The van der Waals surface area contributed by atoms with Crippen molar-refractivity contribution in [3.63, 3.8) is 0 Å². The quantitative estimate of drug-likeness (QED) is 0.679. The van der Waals surface area contributed by atoms with Crippen LogP contribution in [0.1, 0.15) is 59.8 Å². The molecule has 0 aromatic heterocycles. The van der Waals surface area contributed by atoms with E-state index in [4.69, 9.17) is 5.73 Å². The van der Waals surface area contributed by atoms with Crippen molar-refractivity contribution in [2.24, 2.45) is 11.7 Å². The molecule has 2 aliphatic carbocycles. The highest BCUT2D eigenvalue weighted by molar-refractivity contribution is 4.96. The van der Waals surface area contributed by atoms with Gasteiger partial charge in [-0.2, -0.15) is 0 Å². The van der Waals surface area contributed by atoms with Crippen LogP contribution in [0.4, 0.5) is 0 Å². The van der Waals surface area contributed by atoms with Gasteiger partial charge in [-0.25, -0.2) is 0 Å². The Bertz CT molecular complexity index is 263. The zero-order valence-electron chi connectivity index (χ0n) is 12.5. The molecular weight excluding hydrogens is 222 g/mol. The Labute approximate surface area is 112 Å². The lowest BCUT2D eigenvalue weighted by Crippen LogP contribution is -2.57. The van der Waals surface area contributed by atoms with E-state index in [0.29, 0.717) is 18.1 Å². The van der Waals surface area contributed by atoms with Crippen LogP contribution in [0.15, 0.2) is 0 Å². The van der Waals surface area contributed by atoms with Gasteiger partial charge in [-0.15, -0.1) is 0 Å². The molecule has 0 aromatic carbocycles. The second-order valence-electron chi connectivity index (χ2n) is 7.52. The number of rotatable bonds is 6. The predicted molar refractivity (Wildman–Crippen MR) is 77.6 cm³/mol. The summed E-state index contributed by atoms with van der Waals surface area (Å²) in [7, 11) is 0. The molecule has 2 rings (SSSR count). The maximum absolute atomic E-state index is 5.84. The third kappa shape index (κ3) is 3.94. The van der Waals surface area contributed by atoms with Gasteiger partial charge in [0.25, 0.3) is 0 Å². The standard InChI is InChI=1S/C15H31N3/c1-10(2)17-13-5-11(6-13)9-15(3,4)18-14-7-12(16)8-14/h10-14,17-18H,5-9,16H2,1-4H3. The molecule has 0 bridgehead atoms. The molecule has 18 heavy (non-hydrogen) atoms. The van der Waals surface area contributed by atoms with Gasteiger partial charge in [0.2, 0.25) is 0 Å². The van der Waals surface area contributed by atoms with Crippen LogP contribution in [0.2, 0.25) is 0 Å². The zero-order valence-corrected chi connectivity index (χ0v) is 12.5. The van der Waals surface area contributed by atoms with Gasteiger partial charge in [0.1, 0.15) is 0 Å². The Hall–Kier alpha value is -0.120. The van der Waals surface area contributed by atoms with Gasteiger partial charge in [0.05, 0.1) is 0 Å². The molecule has 3 heteroatoms. The number of hydrogen-bond acceptors (Lipinski definition) is 3. The van der Waals surface area contributed by atoms with Crippen molar-refractivity contribution in [2.75, 3.05) is 0 Å². The van der Waals surface area contributed by atoms with Gasteiger partial charge in [-0.1, -0.05) is 13.8 Å². The largest absolute Gasteiger partial charge is 0.328 e. The molecule has 0 amide bonds. The highest BCUT2D eigenvalue weighted by Crippen LogP contribution is 2.35. The minimum Gasteiger partial charge on any atom is -0.328 e. The first-order valence-corrected chi connectivity index (χ1v) is 7.63. The minimum absolute atomic E-state index is 0.276. The molecule has 0 saturated heterocycles. The molecule has 0 atom stereocenters. The fraction of sp³-hybridized carbons (Fsp3) is 1.00. The molecule has 4 N–H and O–H groups in total. The number of nitrogens with two attached hydrogens (primary N) is 1. The molecule has 0 radical (unpaired) electrons. The third-order valence-electron chi connectivity index (χ3n) is 4.37. The summed E-state index contributed by atoms with van der Waals surface area (Å²) in [6.45, 7) is 9.16. The fourth-order valence-electron chi connectivity index (χ4n) is 3.62. The van der Waals surface area contributed by atoms with Gasteiger partial charge in [-0.3, -0.25) is 0 Å². The molecule has 3 nitrogen and oxygen atoms in total. The first-order valence-electron chi connectivity index (χ1n) is 7.63. The highest BCUT2D eigenvalue weighted by Gasteiger charge is 2.36. The van der Waals surface area contributed by atoms with Gasteiger partial charge in [0.15, 0.2) is 0 Å². The predicted octanol–water partition coefficient (Wildman–Crippen LogP) is 2.01. The lowest BCUT2D eigenvalue weighted by atomic mass is 9.73. The summed E-state index contributed by atoms with van der Waals surface area (Å²) in [5, 5.41) is 7.40. The fourth-order valence-corrected chi connectivity index (χ4v) is 3.62. The van der Waals surface area contributed by atoms with Crippen molar-refractivity contribution >= 4 is 0 Å². The molecule has 2 fully saturated rings. The van der Waals surface area contributed by atoms with Crippen molar-refractivity contribution < 1.29 is 0 Å². The van der Waals surface area contributed by atoms with E-state index in [0.717, 1.165) is 24.8 Å². The van der Waals surface area contributed by atoms with E-state index in [2.05, 4.69) is 38.3 Å². The Balaban J connectivity index is 1.64. The maximum Gasteiger partial charge on any atom is 0.0130 e. The topological polar surface area (TPSA) is 50.1 Å². The van der Waals surface area contributed by atoms with Crippen molar-refractivity contribution in [2.45, 2.75) is 89.5 Å². The molecule has 0 heterocycles. The second-order valence-corrected chi connectivity index (χ2v) is 7.52. The Morgan fingerprint density at radius 1 is 1.11 bits per heavy atom. The number of nitrogens with one attached hydrogen (secondary N) is 2. The summed E-state index contributed by atoms with van der Waals surface area (Å²) in [5.41, 5.74) is 6.12. The zero-order chi connectivity index (χ0) is 13.3. The summed E-state index contributed by atoms with van der Waals surface area (Å²) >= 11 is 0. The van der Waals surface area contributed by atoms with Crippen LogP contribution < -0.4 is 16.4 Å².